The Balaban J connectivity index is 1.80. The summed E-state index contributed by atoms with van der Waals surface area (Å²) in [5.41, 5.74) is 0.744. The highest BCUT2D eigenvalue weighted by Gasteiger charge is 2.28. The van der Waals surface area contributed by atoms with Crippen molar-refractivity contribution >= 4 is 23.6 Å². The van der Waals surface area contributed by atoms with E-state index in [1.165, 1.54) is 0 Å². The Morgan fingerprint density at radius 3 is 2.62 bits per heavy atom. The molecule has 156 valence electrons. The van der Waals surface area contributed by atoms with Gasteiger partial charge in [0, 0.05) is 37.4 Å². The number of hydrogen-bond donors (Lipinski definition) is 1. The predicted octanol–water partition coefficient (Wildman–Crippen LogP) is 2.92. The summed E-state index contributed by atoms with van der Waals surface area (Å²) in [4.78, 5) is 28.0. The quantitative estimate of drug-likeness (QED) is 0.734. The first-order valence-corrected chi connectivity index (χ1v) is 11.3. The molecule has 29 heavy (non-hydrogen) atoms. The van der Waals surface area contributed by atoms with Crippen LogP contribution in [0.2, 0.25) is 0 Å². The number of rotatable bonds is 6. The summed E-state index contributed by atoms with van der Waals surface area (Å²) < 4.78 is 2.08. The molecule has 7 nitrogen and oxygen atoms in total. The van der Waals surface area contributed by atoms with E-state index < -0.39 is 0 Å². The van der Waals surface area contributed by atoms with E-state index in [0.717, 1.165) is 22.1 Å². The van der Waals surface area contributed by atoms with Crippen molar-refractivity contribution in [3.8, 4) is 0 Å². The van der Waals surface area contributed by atoms with Crippen LogP contribution >= 0.6 is 11.8 Å². The van der Waals surface area contributed by atoms with Crippen LogP contribution in [0.4, 0.5) is 0 Å². The average molecular weight is 416 g/mol. The lowest BCUT2D eigenvalue weighted by Gasteiger charge is -2.23. The van der Waals surface area contributed by atoms with Gasteiger partial charge in [0.1, 0.15) is 5.82 Å². The molecule has 0 bridgehead atoms. The molecule has 1 atom stereocenters. The van der Waals surface area contributed by atoms with Gasteiger partial charge in [-0.1, -0.05) is 32.9 Å². The molecule has 0 aliphatic carbocycles. The second-order valence-electron chi connectivity index (χ2n) is 7.51. The van der Waals surface area contributed by atoms with Gasteiger partial charge < -0.3 is 14.8 Å². The lowest BCUT2D eigenvalue weighted by molar-refractivity contribution is -0.121. The van der Waals surface area contributed by atoms with Crippen molar-refractivity contribution in [3.63, 3.8) is 0 Å². The minimum atomic E-state index is -0.192. The highest BCUT2D eigenvalue weighted by atomic mass is 32.2. The number of thioether (sulfide) groups is 1. The van der Waals surface area contributed by atoms with Crippen molar-refractivity contribution in [3.05, 3.63) is 41.5 Å². The van der Waals surface area contributed by atoms with E-state index in [1.54, 1.807) is 11.8 Å². The van der Waals surface area contributed by atoms with Gasteiger partial charge in [-0.3, -0.25) is 9.59 Å². The standard InChI is InChI=1S/C21H29N5O2S/c1-5-18(27)22-19(14(2)3)20-24-23-17-10-11-25(12-13-26(17)20)21(28)15-8-6-7-9-16(15)29-4/h6-9,14,19H,5,10-13H2,1-4H3,(H,22,27)/t19-/m1/s1. The first-order chi connectivity index (χ1) is 14.0. The summed E-state index contributed by atoms with van der Waals surface area (Å²) in [7, 11) is 0. The Hall–Kier alpha value is -2.35. The zero-order valence-electron chi connectivity index (χ0n) is 17.5. The zero-order chi connectivity index (χ0) is 21.0. The van der Waals surface area contributed by atoms with Crippen molar-refractivity contribution in [1.29, 1.82) is 0 Å². The van der Waals surface area contributed by atoms with Gasteiger partial charge in [0.2, 0.25) is 5.91 Å². The molecule has 0 saturated heterocycles. The fourth-order valence-electron chi connectivity index (χ4n) is 3.57. The third-order valence-electron chi connectivity index (χ3n) is 5.26. The van der Waals surface area contributed by atoms with Crippen LogP contribution in [0.3, 0.4) is 0 Å². The van der Waals surface area contributed by atoms with E-state index in [2.05, 4.69) is 33.9 Å². The highest BCUT2D eigenvalue weighted by molar-refractivity contribution is 7.98. The summed E-state index contributed by atoms with van der Waals surface area (Å²) in [6.45, 7) is 7.78. The molecule has 0 radical (unpaired) electrons. The highest BCUT2D eigenvalue weighted by Crippen LogP contribution is 2.25. The number of fused-ring (bicyclic) bond motifs is 1. The molecule has 8 heteroatoms. The van der Waals surface area contributed by atoms with Crippen LogP contribution in [0.15, 0.2) is 29.2 Å². The number of amides is 2. The normalized spacial score (nSPS) is 15.0. The molecule has 2 aromatic rings. The summed E-state index contributed by atoms with van der Waals surface area (Å²) >= 11 is 1.58. The fourth-order valence-corrected chi connectivity index (χ4v) is 4.16. The lowest BCUT2D eigenvalue weighted by Crippen LogP contribution is -2.35. The second-order valence-corrected chi connectivity index (χ2v) is 8.36. The van der Waals surface area contributed by atoms with Gasteiger partial charge in [0.15, 0.2) is 5.82 Å². The van der Waals surface area contributed by atoms with Gasteiger partial charge in [0.25, 0.3) is 5.91 Å². The molecule has 1 aliphatic rings. The maximum atomic E-state index is 13.1. The van der Waals surface area contributed by atoms with Gasteiger partial charge in [-0.15, -0.1) is 22.0 Å². The molecule has 1 aliphatic heterocycles. The number of carbonyl (C=O) groups is 2. The second kappa shape index (κ2) is 9.43. The minimum Gasteiger partial charge on any atom is -0.346 e. The smallest absolute Gasteiger partial charge is 0.255 e. The lowest BCUT2D eigenvalue weighted by atomic mass is 10.0. The van der Waals surface area contributed by atoms with Gasteiger partial charge >= 0.3 is 0 Å². The molecular weight excluding hydrogens is 386 g/mol. The monoisotopic (exact) mass is 415 g/mol. The number of carbonyl (C=O) groups excluding carboxylic acids is 2. The Bertz CT molecular complexity index is 880. The zero-order valence-corrected chi connectivity index (χ0v) is 18.3. The van der Waals surface area contributed by atoms with E-state index in [-0.39, 0.29) is 23.8 Å². The maximum absolute atomic E-state index is 13.1. The molecule has 0 fully saturated rings. The molecule has 1 aromatic heterocycles. The van der Waals surface area contributed by atoms with Gasteiger partial charge in [-0.05, 0) is 24.3 Å². The van der Waals surface area contributed by atoms with Crippen LogP contribution in [0.1, 0.15) is 55.2 Å². The largest absolute Gasteiger partial charge is 0.346 e. The Kier molecular flexibility index (Phi) is 6.95. The van der Waals surface area contributed by atoms with Crippen LogP contribution in [-0.4, -0.2) is 50.8 Å². The molecule has 0 unspecified atom stereocenters. The van der Waals surface area contributed by atoms with Crippen LogP contribution in [0, 0.1) is 5.92 Å². The fraction of sp³-hybridized carbons (Fsp3) is 0.524. The number of nitrogens with one attached hydrogen (secondary N) is 1. The molecule has 3 rings (SSSR count). The Labute approximate surface area is 176 Å². The van der Waals surface area contributed by atoms with E-state index >= 15 is 0 Å². The van der Waals surface area contributed by atoms with Crippen LogP contribution in [0.25, 0.3) is 0 Å². The van der Waals surface area contributed by atoms with Crippen LogP contribution in [0.5, 0.6) is 0 Å². The number of benzene rings is 1. The maximum Gasteiger partial charge on any atom is 0.255 e. The van der Waals surface area contributed by atoms with Crippen molar-refractivity contribution in [1.82, 2.24) is 25.0 Å². The van der Waals surface area contributed by atoms with E-state index in [9.17, 15) is 9.59 Å². The van der Waals surface area contributed by atoms with Crippen LogP contribution in [-0.2, 0) is 17.8 Å². The predicted molar refractivity (Wildman–Crippen MR) is 114 cm³/mol. The van der Waals surface area contributed by atoms with Crippen LogP contribution < -0.4 is 5.32 Å². The Morgan fingerprint density at radius 2 is 1.93 bits per heavy atom. The van der Waals surface area contributed by atoms with E-state index in [1.807, 2.05) is 42.3 Å². The van der Waals surface area contributed by atoms with E-state index in [0.29, 0.717) is 32.5 Å². The van der Waals surface area contributed by atoms with Crippen molar-refractivity contribution < 1.29 is 9.59 Å². The van der Waals surface area contributed by atoms with Gasteiger partial charge in [-0.2, -0.15) is 0 Å². The first-order valence-electron chi connectivity index (χ1n) is 10.1. The molecule has 0 saturated carbocycles. The summed E-state index contributed by atoms with van der Waals surface area (Å²) in [6.07, 6.45) is 3.06. The first kappa shape index (κ1) is 21.4. The summed E-state index contributed by atoms with van der Waals surface area (Å²) in [6, 6.07) is 7.53. The molecule has 1 N–H and O–H groups in total. The van der Waals surface area contributed by atoms with Crippen molar-refractivity contribution in [2.24, 2.45) is 5.92 Å². The molecule has 2 amide bonds. The number of nitrogens with zero attached hydrogens (tertiary/aromatic N) is 4. The third-order valence-corrected chi connectivity index (χ3v) is 6.06. The number of hydrogen-bond acceptors (Lipinski definition) is 5. The van der Waals surface area contributed by atoms with Gasteiger partial charge in [-0.25, -0.2) is 0 Å². The van der Waals surface area contributed by atoms with Gasteiger partial charge in [0.05, 0.1) is 11.6 Å². The summed E-state index contributed by atoms with van der Waals surface area (Å²) in [5, 5.41) is 11.8. The average Bonchev–Trinajstić information content (AvgIpc) is 3.01. The SMILES string of the molecule is CCC(=O)N[C@@H](c1nnc2n1CCN(C(=O)c1ccccc1SC)CC2)C(C)C. The molecule has 2 heterocycles. The Morgan fingerprint density at radius 1 is 1.17 bits per heavy atom. The molecular formula is C21H29N5O2S. The third kappa shape index (κ3) is 4.63. The topological polar surface area (TPSA) is 80.1 Å². The minimum absolute atomic E-state index is 0.000138. The number of aromatic nitrogens is 3. The van der Waals surface area contributed by atoms with Crippen molar-refractivity contribution in [2.75, 3.05) is 19.3 Å². The molecule has 1 aromatic carbocycles. The molecule has 0 spiro atoms. The van der Waals surface area contributed by atoms with E-state index in [4.69, 9.17) is 0 Å². The van der Waals surface area contributed by atoms with Crippen molar-refractivity contribution in [2.45, 2.75) is 51.1 Å². The summed E-state index contributed by atoms with van der Waals surface area (Å²) in [5.74, 6) is 1.88.